The number of carbonyl (C=O) groups is 1. The number of aromatic nitrogens is 2. The second-order valence-corrected chi connectivity index (χ2v) is 5.52. The van der Waals surface area contributed by atoms with Gasteiger partial charge in [0.2, 0.25) is 0 Å². The van der Waals surface area contributed by atoms with Crippen LogP contribution in [0.2, 0.25) is 0 Å². The first-order valence-corrected chi connectivity index (χ1v) is 7.22. The average Bonchev–Trinajstić information content (AvgIpc) is 2.92. The molecule has 1 aliphatic heterocycles. The minimum Gasteiger partial charge on any atom is -0.390 e. The van der Waals surface area contributed by atoms with Gasteiger partial charge in [0.1, 0.15) is 12.3 Å². The third-order valence-electron chi connectivity index (χ3n) is 3.87. The highest BCUT2D eigenvalue weighted by atomic mass is 16.5. The van der Waals surface area contributed by atoms with Crippen molar-refractivity contribution in [1.29, 1.82) is 0 Å². The van der Waals surface area contributed by atoms with E-state index in [2.05, 4.69) is 4.98 Å². The molecule has 1 aromatic heterocycles. The molecule has 1 fully saturated rings. The second kappa shape index (κ2) is 5.94. The molecule has 1 saturated heterocycles. The maximum Gasteiger partial charge on any atom is 0.330 e. The van der Waals surface area contributed by atoms with Crippen LogP contribution in [0.1, 0.15) is 28.6 Å². The number of Topliss-reactive ketones (excluding diaryl/α,β-unsaturated/α-hetero) is 1. The number of benzene rings is 1. The molecular weight excluding hydrogens is 300 g/mol. The van der Waals surface area contributed by atoms with E-state index in [1.807, 2.05) is 0 Å². The van der Waals surface area contributed by atoms with Gasteiger partial charge < -0.3 is 9.84 Å². The molecule has 0 unspecified atom stereocenters. The van der Waals surface area contributed by atoms with Crippen molar-refractivity contribution in [3.8, 4) is 0 Å². The van der Waals surface area contributed by atoms with Gasteiger partial charge in [-0.25, -0.2) is 4.79 Å². The van der Waals surface area contributed by atoms with Crippen LogP contribution in [0.15, 0.2) is 46.1 Å². The van der Waals surface area contributed by atoms with E-state index < -0.39 is 29.7 Å². The van der Waals surface area contributed by atoms with Crippen LogP contribution in [-0.2, 0) is 4.74 Å². The topological polar surface area (TPSA) is 101 Å². The molecule has 0 amide bonds. The lowest BCUT2D eigenvalue weighted by Crippen LogP contribution is -2.34. The summed E-state index contributed by atoms with van der Waals surface area (Å²) in [7, 11) is 0. The zero-order chi connectivity index (χ0) is 16.6. The van der Waals surface area contributed by atoms with E-state index in [4.69, 9.17) is 4.74 Å². The molecule has 1 aliphatic rings. The molecule has 1 aromatic carbocycles. The number of hydrogen-bond acceptors (Lipinski definition) is 5. The van der Waals surface area contributed by atoms with Crippen LogP contribution in [-0.4, -0.2) is 32.6 Å². The van der Waals surface area contributed by atoms with Crippen molar-refractivity contribution in [2.24, 2.45) is 0 Å². The molecule has 7 heteroatoms. The monoisotopic (exact) mass is 316 g/mol. The first-order chi connectivity index (χ1) is 11.0. The predicted molar refractivity (Wildman–Crippen MR) is 81.4 cm³/mol. The molecule has 0 saturated carbocycles. The summed E-state index contributed by atoms with van der Waals surface area (Å²) in [5, 5.41) is 10.1. The third-order valence-corrected chi connectivity index (χ3v) is 3.87. The van der Waals surface area contributed by atoms with Crippen LogP contribution in [0.25, 0.3) is 0 Å². The normalized spacial score (nSPS) is 23.8. The SMILES string of the molecule is Cc1cn([C@H]2C[C@H](O)[C@@H](C(=O)c3ccccc3)O2)c(=O)[nH]c1=O. The highest BCUT2D eigenvalue weighted by molar-refractivity contribution is 6.00. The number of aliphatic hydroxyl groups excluding tert-OH is 1. The maximum absolute atomic E-state index is 12.4. The van der Waals surface area contributed by atoms with Gasteiger partial charge in [0.05, 0.1) is 6.10 Å². The number of rotatable bonds is 3. The lowest BCUT2D eigenvalue weighted by atomic mass is 10.0. The van der Waals surface area contributed by atoms with Crippen molar-refractivity contribution in [2.45, 2.75) is 31.8 Å². The summed E-state index contributed by atoms with van der Waals surface area (Å²) in [5.74, 6) is -0.338. The lowest BCUT2D eigenvalue weighted by Gasteiger charge is -2.15. The Morgan fingerprint density at radius 2 is 2.00 bits per heavy atom. The molecular formula is C16H16N2O5. The largest absolute Gasteiger partial charge is 0.390 e. The van der Waals surface area contributed by atoms with Crippen molar-refractivity contribution in [1.82, 2.24) is 9.55 Å². The predicted octanol–water partition coefficient (Wildman–Crippen LogP) is 0.376. The summed E-state index contributed by atoms with van der Waals surface area (Å²) in [6.07, 6.45) is -1.40. The molecule has 0 bridgehead atoms. The third kappa shape index (κ3) is 2.88. The summed E-state index contributed by atoms with van der Waals surface area (Å²) in [6, 6.07) is 8.52. The standard InChI is InChI=1S/C16H16N2O5/c1-9-8-18(16(22)17-15(9)21)12-7-11(19)14(23-12)13(20)10-5-3-2-4-6-10/h2-6,8,11-12,14,19H,7H2,1H3,(H,17,21,22)/t11-,12+,14-/m0/s1. The molecule has 0 radical (unpaired) electrons. The fourth-order valence-electron chi connectivity index (χ4n) is 2.63. The number of hydrogen-bond donors (Lipinski definition) is 2. The van der Waals surface area contributed by atoms with Gasteiger partial charge in [-0.3, -0.25) is 19.1 Å². The quantitative estimate of drug-likeness (QED) is 0.797. The average molecular weight is 316 g/mol. The zero-order valence-corrected chi connectivity index (χ0v) is 12.4. The van der Waals surface area contributed by atoms with Gasteiger partial charge in [0, 0.05) is 23.7 Å². The Bertz CT molecular complexity index is 840. The van der Waals surface area contributed by atoms with E-state index in [0.29, 0.717) is 11.1 Å². The summed E-state index contributed by atoms with van der Waals surface area (Å²) >= 11 is 0. The van der Waals surface area contributed by atoms with Gasteiger partial charge >= 0.3 is 5.69 Å². The van der Waals surface area contributed by atoms with Gasteiger partial charge in [-0.2, -0.15) is 0 Å². The summed E-state index contributed by atoms with van der Waals surface area (Å²) in [6.45, 7) is 1.56. The van der Waals surface area contributed by atoms with Crippen LogP contribution < -0.4 is 11.2 Å². The van der Waals surface area contributed by atoms with E-state index >= 15 is 0 Å². The van der Waals surface area contributed by atoms with E-state index in [9.17, 15) is 19.5 Å². The molecule has 3 rings (SSSR count). The van der Waals surface area contributed by atoms with Gasteiger partial charge in [0.15, 0.2) is 5.78 Å². The number of H-pyrrole nitrogens is 1. The number of carbonyl (C=O) groups excluding carboxylic acids is 1. The molecule has 120 valence electrons. The second-order valence-electron chi connectivity index (χ2n) is 5.52. The molecule has 2 aromatic rings. The fraction of sp³-hybridized carbons (Fsp3) is 0.312. The van der Waals surface area contributed by atoms with Gasteiger partial charge in [0.25, 0.3) is 5.56 Å². The number of aliphatic hydroxyl groups is 1. The molecule has 0 aliphatic carbocycles. The fourth-order valence-corrected chi connectivity index (χ4v) is 2.63. The van der Waals surface area contributed by atoms with Crippen molar-refractivity contribution in [2.75, 3.05) is 0 Å². The van der Waals surface area contributed by atoms with Crippen LogP contribution in [0.3, 0.4) is 0 Å². The smallest absolute Gasteiger partial charge is 0.330 e. The first kappa shape index (κ1) is 15.4. The van der Waals surface area contributed by atoms with Crippen LogP contribution in [0, 0.1) is 6.92 Å². The van der Waals surface area contributed by atoms with Crippen LogP contribution >= 0.6 is 0 Å². The lowest BCUT2D eigenvalue weighted by molar-refractivity contribution is -0.00979. The Labute approximate surface area is 131 Å². The summed E-state index contributed by atoms with van der Waals surface area (Å²) in [4.78, 5) is 37.9. The Hall–Kier alpha value is -2.51. The zero-order valence-electron chi connectivity index (χ0n) is 12.4. The number of aromatic amines is 1. The number of ketones is 1. The number of ether oxygens (including phenoxy) is 1. The number of aryl methyl sites for hydroxylation is 1. The molecule has 3 atom stereocenters. The Balaban J connectivity index is 1.87. The van der Waals surface area contributed by atoms with Gasteiger partial charge in [-0.15, -0.1) is 0 Å². The molecule has 0 spiro atoms. The van der Waals surface area contributed by atoms with Crippen LogP contribution in [0.5, 0.6) is 0 Å². The Kier molecular flexibility index (Phi) is 3.97. The molecule has 7 nitrogen and oxygen atoms in total. The maximum atomic E-state index is 12.4. The highest BCUT2D eigenvalue weighted by Gasteiger charge is 2.40. The van der Waals surface area contributed by atoms with E-state index in [1.54, 1.807) is 37.3 Å². The van der Waals surface area contributed by atoms with Gasteiger partial charge in [-0.1, -0.05) is 30.3 Å². The van der Waals surface area contributed by atoms with Crippen LogP contribution in [0.4, 0.5) is 0 Å². The highest BCUT2D eigenvalue weighted by Crippen LogP contribution is 2.29. The molecule has 23 heavy (non-hydrogen) atoms. The summed E-state index contributed by atoms with van der Waals surface area (Å²) < 4.78 is 6.79. The Morgan fingerprint density at radius 1 is 1.30 bits per heavy atom. The van der Waals surface area contributed by atoms with Crippen molar-refractivity contribution >= 4 is 5.78 Å². The van der Waals surface area contributed by atoms with Crippen molar-refractivity contribution < 1.29 is 14.6 Å². The van der Waals surface area contributed by atoms with Crippen molar-refractivity contribution in [3.05, 3.63) is 68.5 Å². The van der Waals surface area contributed by atoms with Gasteiger partial charge in [-0.05, 0) is 6.92 Å². The summed E-state index contributed by atoms with van der Waals surface area (Å²) in [5.41, 5.74) is -0.324. The first-order valence-electron chi connectivity index (χ1n) is 7.22. The van der Waals surface area contributed by atoms with E-state index in [1.165, 1.54) is 10.8 Å². The van der Waals surface area contributed by atoms with Crippen molar-refractivity contribution in [3.63, 3.8) is 0 Å². The Morgan fingerprint density at radius 3 is 2.70 bits per heavy atom. The molecule has 2 heterocycles. The minimum atomic E-state index is -1.04. The molecule has 2 N–H and O–H groups in total. The van der Waals surface area contributed by atoms with E-state index in [-0.39, 0.29) is 12.2 Å². The minimum absolute atomic E-state index is 0.0919. The number of nitrogens with one attached hydrogen (secondary N) is 1. The number of nitrogens with zero attached hydrogens (tertiary/aromatic N) is 1. The van der Waals surface area contributed by atoms with E-state index in [0.717, 1.165) is 0 Å².